The number of ether oxygens (including phenoxy) is 1. The normalized spacial score (nSPS) is 20.7. The van der Waals surface area contributed by atoms with Gasteiger partial charge in [-0.15, -0.1) is 0 Å². The number of halogens is 1. The standard InChI is InChI=1S/C18H17ClN2O2.C3H6O/c1-18(2)7-13(22)16-14(8-18)23-17(21)12(9-20)15(16)10-3-5-11(19)6-4-10;1-3(2)4/h3-6,15H,7-8,21H2,1-2H3;1-2H3/t15-;/m1./s1. The van der Waals surface area contributed by atoms with Gasteiger partial charge in [-0.2, -0.15) is 5.26 Å². The summed E-state index contributed by atoms with van der Waals surface area (Å²) in [6, 6.07) is 9.23. The Bertz CT molecular complexity index is 870. The number of rotatable bonds is 1. The number of carbonyl (C=O) groups is 2. The minimum atomic E-state index is -0.482. The molecular weight excluding hydrogens is 364 g/mol. The molecule has 6 heteroatoms. The summed E-state index contributed by atoms with van der Waals surface area (Å²) in [5.41, 5.74) is 7.42. The molecule has 0 saturated heterocycles. The number of nitrogens with zero attached hydrogens (tertiary/aromatic N) is 1. The molecule has 0 bridgehead atoms. The molecule has 3 rings (SSSR count). The molecule has 1 aliphatic carbocycles. The number of nitriles is 1. The Morgan fingerprint density at radius 3 is 2.33 bits per heavy atom. The molecule has 1 aliphatic heterocycles. The molecule has 0 fully saturated rings. The lowest BCUT2D eigenvalue weighted by molar-refractivity contribution is -0.119. The third-order valence-corrected chi connectivity index (χ3v) is 4.53. The molecular formula is C21H23ClN2O3. The Labute approximate surface area is 164 Å². The van der Waals surface area contributed by atoms with Crippen molar-refractivity contribution in [1.82, 2.24) is 0 Å². The van der Waals surface area contributed by atoms with Gasteiger partial charge in [0.15, 0.2) is 5.78 Å². The van der Waals surface area contributed by atoms with E-state index in [9.17, 15) is 14.9 Å². The van der Waals surface area contributed by atoms with Crippen molar-refractivity contribution in [3.63, 3.8) is 0 Å². The van der Waals surface area contributed by atoms with E-state index in [-0.39, 0.29) is 28.4 Å². The van der Waals surface area contributed by atoms with Gasteiger partial charge in [0.25, 0.3) is 0 Å². The molecule has 0 unspecified atom stereocenters. The maximum atomic E-state index is 12.7. The van der Waals surface area contributed by atoms with Crippen molar-refractivity contribution in [2.75, 3.05) is 0 Å². The third-order valence-electron chi connectivity index (χ3n) is 4.28. The van der Waals surface area contributed by atoms with Crippen LogP contribution < -0.4 is 5.73 Å². The van der Waals surface area contributed by atoms with Gasteiger partial charge in [0.2, 0.25) is 5.88 Å². The second kappa shape index (κ2) is 7.98. The van der Waals surface area contributed by atoms with E-state index >= 15 is 0 Å². The van der Waals surface area contributed by atoms with Crippen LogP contribution in [-0.2, 0) is 14.3 Å². The molecule has 2 N–H and O–H groups in total. The number of allylic oxidation sites excluding steroid dienone is 3. The van der Waals surface area contributed by atoms with Crippen molar-refractivity contribution in [3.05, 3.63) is 57.6 Å². The SMILES string of the molecule is CC(C)=O.CC1(C)CC(=O)C2=C(C1)OC(N)=C(C#N)[C@H]2c1ccc(Cl)cc1. The van der Waals surface area contributed by atoms with Crippen LogP contribution in [0.1, 0.15) is 52.0 Å². The van der Waals surface area contributed by atoms with Crippen LogP contribution >= 0.6 is 11.6 Å². The minimum absolute atomic E-state index is 0.0106. The summed E-state index contributed by atoms with van der Waals surface area (Å²) >= 11 is 5.95. The van der Waals surface area contributed by atoms with Crippen LogP contribution in [0.4, 0.5) is 0 Å². The second-order valence-electron chi connectivity index (χ2n) is 7.66. The monoisotopic (exact) mass is 386 g/mol. The Kier molecular flexibility index (Phi) is 6.12. The number of ketones is 2. The largest absolute Gasteiger partial charge is 0.444 e. The van der Waals surface area contributed by atoms with E-state index in [0.717, 1.165) is 5.56 Å². The van der Waals surface area contributed by atoms with Crippen LogP contribution in [0.25, 0.3) is 0 Å². The zero-order valence-electron chi connectivity index (χ0n) is 15.9. The molecule has 27 heavy (non-hydrogen) atoms. The maximum absolute atomic E-state index is 12.7. The van der Waals surface area contributed by atoms with Gasteiger partial charge in [0.1, 0.15) is 23.2 Å². The van der Waals surface area contributed by atoms with Crippen molar-refractivity contribution in [2.45, 2.75) is 46.5 Å². The molecule has 0 spiro atoms. The Morgan fingerprint density at radius 2 is 1.81 bits per heavy atom. The van der Waals surface area contributed by atoms with E-state index in [2.05, 4.69) is 6.07 Å². The van der Waals surface area contributed by atoms with Crippen LogP contribution in [0.3, 0.4) is 0 Å². The molecule has 1 aromatic carbocycles. The van der Waals surface area contributed by atoms with Crippen molar-refractivity contribution in [2.24, 2.45) is 11.1 Å². The highest BCUT2D eigenvalue weighted by Crippen LogP contribution is 2.47. The van der Waals surface area contributed by atoms with Gasteiger partial charge in [0.05, 0.1) is 5.92 Å². The summed E-state index contributed by atoms with van der Waals surface area (Å²) in [6.07, 6.45) is 1.05. The highest BCUT2D eigenvalue weighted by atomic mass is 35.5. The van der Waals surface area contributed by atoms with E-state index in [1.54, 1.807) is 12.1 Å². The summed E-state index contributed by atoms with van der Waals surface area (Å²) in [5.74, 6) is 0.362. The van der Waals surface area contributed by atoms with E-state index in [4.69, 9.17) is 22.1 Å². The summed E-state index contributed by atoms with van der Waals surface area (Å²) in [7, 11) is 0. The third kappa shape index (κ3) is 4.78. The van der Waals surface area contributed by atoms with Gasteiger partial charge in [-0.25, -0.2) is 0 Å². The Balaban J connectivity index is 0.000000596. The summed E-state index contributed by atoms with van der Waals surface area (Å²) in [4.78, 5) is 22.2. The van der Waals surface area contributed by atoms with Gasteiger partial charge >= 0.3 is 0 Å². The molecule has 0 radical (unpaired) electrons. The van der Waals surface area contributed by atoms with Crippen LogP contribution in [0, 0.1) is 16.7 Å². The van der Waals surface area contributed by atoms with E-state index in [1.165, 1.54) is 13.8 Å². The first-order valence-electron chi connectivity index (χ1n) is 8.62. The van der Waals surface area contributed by atoms with Crippen molar-refractivity contribution in [1.29, 1.82) is 5.26 Å². The lowest BCUT2D eigenvalue weighted by atomic mass is 9.70. The Morgan fingerprint density at radius 1 is 1.26 bits per heavy atom. The smallest absolute Gasteiger partial charge is 0.205 e. The number of benzene rings is 1. The number of hydrogen-bond acceptors (Lipinski definition) is 5. The van der Waals surface area contributed by atoms with Crippen LogP contribution in [-0.4, -0.2) is 11.6 Å². The Hall–Kier alpha value is -2.58. The van der Waals surface area contributed by atoms with Gasteiger partial charge in [0, 0.05) is 23.4 Å². The summed E-state index contributed by atoms with van der Waals surface area (Å²) in [6.45, 7) is 7.10. The van der Waals surface area contributed by atoms with E-state index < -0.39 is 5.92 Å². The van der Waals surface area contributed by atoms with Crippen LogP contribution in [0.15, 0.2) is 47.1 Å². The predicted molar refractivity (Wildman–Crippen MR) is 104 cm³/mol. The zero-order chi connectivity index (χ0) is 20.4. The van der Waals surface area contributed by atoms with Gasteiger partial charge in [-0.05, 0) is 37.0 Å². The molecule has 142 valence electrons. The first-order chi connectivity index (χ1) is 12.6. The highest BCUT2D eigenvalue weighted by Gasteiger charge is 2.42. The topological polar surface area (TPSA) is 93.2 Å². The summed E-state index contributed by atoms with van der Waals surface area (Å²) < 4.78 is 5.64. The van der Waals surface area contributed by atoms with E-state index in [0.29, 0.717) is 29.2 Å². The maximum Gasteiger partial charge on any atom is 0.205 e. The molecule has 1 heterocycles. The quantitative estimate of drug-likeness (QED) is 0.772. The van der Waals surface area contributed by atoms with Gasteiger partial charge in [-0.1, -0.05) is 37.6 Å². The van der Waals surface area contributed by atoms with Crippen molar-refractivity contribution in [3.8, 4) is 6.07 Å². The predicted octanol–water partition coefficient (Wildman–Crippen LogP) is 4.39. The molecule has 1 atom stereocenters. The highest BCUT2D eigenvalue weighted by molar-refractivity contribution is 6.30. The fourth-order valence-corrected chi connectivity index (χ4v) is 3.40. The molecule has 1 aromatic rings. The second-order valence-corrected chi connectivity index (χ2v) is 8.10. The fraction of sp³-hybridized carbons (Fsp3) is 0.381. The van der Waals surface area contributed by atoms with Crippen molar-refractivity contribution >= 4 is 23.2 Å². The lowest BCUT2D eigenvalue weighted by Crippen LogP contribution is -2.33. The molecule has 0 aromatic heterocycles. The van der Waals surface area contributed by atoms with E-state index in [1.807, 2.05) is 26.0 Å². The molecule has 5 nitrogen and oxygen atoms in total. The fourth-order valence-electron chi connectivity index (χ4n) is 3.27. The number of Topliss-reactive ketones (excluding diaryl/α,β-unsaturated/α-hetero) is 2. The first kappa shape index (κ1) is 20.7. The number of carbonyl (C=O) groups excluding carboxylic acids is 2. The number of nitrogens with two attached hydrogens (primary N) is 1. The summed E-state index contributed by atoms with van der Waals surface area (Å²) in [5, 5.41) is 10.1. The lowest BCUT2D eigenvalue weighted by Gasteiger charge is -2.37. The zero-order valence-corrected chi connectivity index (χ0v) is 16.7. The average molecular weight is 387 g/mol. The first-order valence-corrected chi connectivity index (χ1v) is 9.00. The van der Waals surface area contributed by atoms with Crippen molar-refractivity contribution < 1.29 is 14.3 Å². The molecule has 0 amide bonds. The minimum Gasteiger partial charge on any atom is -0.444 e. The molecule has 2 aliphatic rings. The van der Waals surface area contributed by atoms with Crippen LogP contribution in [0.5, 0.6) is 0 Å². The van der Waals surface area contributed by atoms with Gasteiger partial charge < -0.3 is 15.3 Å². The van der Waals surface area contributed by atoms with Gasteiger partial charge in [-0.3, -0.25) is 4.79 Å². The van der Waals surface area contributed by atoms with Crippen LogP contribution in [0.2, 0.25) is 5.02 Å². The number of hydrogen-bond donors (Lipinski definition) is 1. The average Bonchev–Trinajstić information content (AvgIpc) is 2.52. The molecule has 0 saturated carbocycles.